The second-order valence-corrected chi connectivity index (χ2v) is 11.5. The molecule has 8 nitrogen and oxygen atoms in total. The molecule has 3 unspecified atom stereocenters. The minimum Gasteiger partial charge on any atom is -0.497 e. The number of nitrogens with one attached hydrogen (secondary N) is 1. The molecule has 1 aromatic heterocycles. The Labute approximate surface area is 218 Å². The van der Waals surface area contributed by atoms with Gasteiger partial charge in [-0.3, -0.25) is 9.59 Å². The molecule has 11 heteroatoms. The topological polar surface area (TPSA) is 102 Å². The number of hydrogen-bond donors (Lipinski definition) is 1. The third-order valence-electron chi connectivity index (χ3n) is 6.08. The third-order valence-corrected chi connectivity index (χ3v) is 9.14. The maximum absolute atomic E-state index is 13.9. The Bertz CT molecular complexity index is 1330. The summed E-state index contributed by atoms with van der Waals surface area (Å²) >= 11 is 7.40. The van der Waals surface area contributed by atoms with E-state index in [1.54, 1.807) is 55.0 Å². The predicted molar refractivity (Wildman–Crippen MR) is 136 cm³/mol. The highest BCUT2D eigenvalue weighted by molar-refractivity contribution is 7.89. The fraction of sp³-hybridized carbons (Fsp3) is 0.280. The Morgan fingerprint density at radius 1 is 1.11 bits per heavy atom. The summed E-state index contributed by atoms with van der Waals surface area (Å²) in [6, 6.07) is 14.5. The first kappa shape index (κ1) is 26.2. The largest absolute Gasteiger partial charge is 0.497 e. The summed E-state index contributed by atoms with van der Waals surface area (Å²) in [5, 5.41) is 4.87. The van der Waals surface area contributed by atoms with Crippen molar-refractivity contribution in [1.29, 1.82) is 0 Å². The number of carbonyl (C=O) groups is 2. The number of ether oxygens (including phenoxy) is 2. The van der Waals surface area contributed by atoms with Gasteiger partial charge in [-0.2, -0.15) is 4.31 Å². The van der Waals surface area contributed by atoms with Gasteiger partial charge in [-0.1, -0.05) is 35.9 Å². The Hall–Kier alpha value is -2.92. The molecule has 1 saturated heterocycles. The van der Waals surface area contributed by atoms with Gasteiger partial charge >= 0.3 is 5.97 Å². The maximum atomic E-state index is 13.9. The number of nitrogens with zero attached hydrogens (tertiary/aromatic N) is 1. The van der Waals surface area contributed by atoms with Gasteiger partial charge in [-0.05, 0) is 53.8 Å². The molecule has 3 atom stereocenters. The number of sulfonamides is 1. The van der Waals surface area contributed by atoms with Gasteiger partial charge in [0.1, 0.15) is 11.8 Å². The summed E-state index contributed by atoms with van der Waals surface area (Å²) in [5.74, 6) is -1.27. The molecule has 36 heavy (non-hydrogen) atoms. The summed E-state index contributed by atoms with van der Waals surface area (Å²) in [6.45, 7) is 0.178. The van der Waals surface area contributed by atoms with Gasteiger partial charge < -0.3 is 14.8 Å². The lowest BCUT2D eigenvalue weighted by atomic mass is 9.98. The Kier molecular flexibility index (Phi) is 7.99. The molecule has 1 N–H and O–H groups in total. The van der Waals surface area contributed by atoms with E-state index in [4.69, 9.17) is 21.1 Å². The van der Waals surface area contributed by atoms with Crippen LogP contribution in [0.4, 0.5) is 0 Å². The van der Waals surface area contributed by atoms with Crippen molar-refractivity contribution in [3.63, 3.8) is 0 Å². The van der Waals surface area contributed by atoms with Crippen LogP contribution in [-0.2, 0) is 30.9 Å². The van der Waals surface area contributed by atoms with Crippen LogP contribution in [-0.4, -0.2) is 44.9 Å². The van der Waals surface area contributed by atoms with E-state index >= 15 is 0 Å². The zero-order chi connectivity index (χ0) is 25.9. The van der Waals surface area contributed by atoms with Crippen LogP contribution >= 0.6 is 22.9 Å². The highest BCUT2D eigenvalue weighted by Gasteiger charge is 2.54. The summed E-state index contributed by atoms with van der Waals surface area (Å²) in [4.78, 5) is 26.8. The standard InChI is InChI=1S/C25H25ClN2O6S2/c1-33-18-10-8-16(9-11-18)15-27-24(29)21-14-20(25(30)34-2)23(22-7-4-12-35-22)28(21)36(31,32)19-6-3-5-17(26)13-19/h3-13,20-21,23H,14-15H2,1-2H3,(H,27,29). The van der Waals surface area contributed by atoms with Crippen molar-refractivity contribution in [2.45, 2.75) is 29.9 Å². The first-order valence-corrected chi connectivity index (χ1v) is 13.8. The highest BCUT2D eigenvalue weighted by Crippen LogP contribution is 2.46. The minimum absolute atomic E-state index is 0.0243. The molecule has 0 aliphatic carbocycles. The molecule has 1 amide bonds. The van der Waals surface area contributed by atoms with Crippen molar-refractivity contribution < 1.29 is 27.5 Å². The van der Waals surface area contributed by atoms with Gasteiger partial charge in [0.15, 0.2) is 0 Å². The Balaban J connectivity index is 1.72. The minimum atomic E-state index is -4.23. The van der Waals surface area contributed by atoms with E-state index in [0.717, 1.165) is 9.87 Å². The van der Waals surface area contributed by atoms with Crippen molar-refractivity contribution in [2.24, 2.45) is 5.92 Å². The fourth-order valence-electron chi connectivity index (χ4n) is 4.34. The normalized spacial score (nSPS) is 20.1. The van der Waals surface area contributed by atoms with Gasteiger partial charge in [-0.15, -0.1) is 11.3 Å². The molecule has 4 rings (SSSR count). The van der Waals surface area contributed by atoms with Gasteiger partial charge in [0, 0.05) is 16.4 Å². The quantitative estimate of drug-likeness (QED) is 0.427. The van der Waals surface area contributed by atoms with Gasteiger partial charge in [-0.25, -0.2) is 8.42 Å². The summed E-state index contributed by atoms with van der Waals surface area (Å²) < 4.78 is 39.2. The van der Waals surface area contributed by atoms with E-state index in [2.05, 4.69) is 5.32 Å². The second kappa shape index (κ2) is 11.0. The summed E-state index contributed by atoms with van der Waals surface area (Å²) in [7, 11) is -1.41. The first-order valence-electron chi connectivity index (χ1n) is 11.1. The second-order valence-electron chi connectivity index (χ2n) is 8.20. The van der Waals surface area contributed by atoms with Crippen molar-refractivity contribution in [2.75, 3.05) is 14.2 Å². The summed E-state index contributed by atoms with van der Waals surface area (Å²) in [5.41, 5.74) is 0.811. The van der Waals surface area contributed by atoms with Crippen LogP contribution in [0.1, 0.15) is 22.9 Å². The molecule has 0 spiro atoms. The number of thiophene rings is 1. The molecular formula is C25H25ClN2O6S2. The number of amides is 1. The maximum Gasteiger partial charge on any atom is 0.310 e. The fourth-order valence-corrected chi connectivity index (χ4v) is 7.40. The lowest BCUT2D eigenvalue weighted by molar-refractivity contribution is -0.146. The molecule has 1 aliphatic heterocycles. The first-order chi connectivity index (χ1) is 17.3. The smallest absolute Gasteiger partial charge is 0.310 e. The molecule has 1 fully saturated rings. The lowest BCUT2D eigenvalue weighted by Gasteiger charge is -2.29. The zero-order valence-electron chi connectivity index (χ0n) is 19.6. The molecule has 2 aromatic carbocycles. The summed E-state index contributed by atoms with van der Waals surface area (Å²) in [6.07, 6.45) is -0.0243. The SMILES string of the molecule is COC(=O)C1CC(C(=O)NCc2ccc(OC)cc2)N(S(=O)(=O)c2cccc(Cl)c2)C1c1cccs1. The van der Waals surface area contributed by atoms with Crippen molar-refractivity contribution >= 4 is 44.8 Å². The number of benzene rings is 2. The van der Waals surface area contributed by atoms with E-state index in [1.807, 2.05) is 0 Å². The van der Waals surface area contributed by atoms with Crippen molar-refractivity contribution in [3.8, 4) is 5.75 Å². The molecule has 3 aromatic rings. The van der Waals surface area contributed by atoms with Crippen LogP contribution < -0.4 is 10.1 Å². The molecular weight excluding hydrogens is 524 g/mol. The molecule has 0 saturated carbocycles. The highest BCUT2D eigenvalue weighted by atomic mass is 35.5. The number of esters is 1. The van der Waals surface area contributed by atoms with E-state index in [1.165, 1.54) is 36.6 Å². The number of carbonyl (C=O) groups excluding carboxylic acids is 2. The number of methoxy groups -OCH3 is 2. The van der Waals surface area contributed by atoms with Crippen LogP contribution in [0.25, 0.3) is 0 Å². The van der Waals surface area contributed by atoms with Crippen LogP contribution in [0.2, 0.25) is 5.02 Å². The molecule has 2 heterocycles. The monoisotopic (exact) mass is 548 g/mol. The Morgan fingerprint density at radius 3 is 2.47 bits per heavy atom. The molecule has 1 aliphatic rings. The Morgan fingerprint density at radius 2 is 1.86 bits per heavy atom. The molecule has 0 bridgehead atoms. The van der Waals surface area contributed by atoms with Crippen LogP contribution in [0.3, 0.4) is 0 Å². The zero-order valence-corrected chi connectivity index (χ0v) is 22.0. The van der Waals surface area contributed by atoms with E-state index in [-0.39, 0.29) is 22.9 Å². The number of hydrogen-bond acceptors (Lipinski definition) is 7. The number of rotatable bonds is 8. The van der Waals surface area contributed by atoms with Crippen LogP contribution in [0.15, 0.2) is 70.9 Å². The van der Waals surface area contributed by atoms with E-state index in [0.29, 0.717) is 10.6 Å². The van der Waals surface area contributed by atoms with Gasteiger partial charge in [0.05, 0.1) is 31.1 Å². The third kappa shape index (κ3) is 5.27. The lowest BCUT2D eigenvalue weighted by Crippen LogP contribution is -2.46. The van der Waals surface area contributed by atoms with E-state index < -0.39 is 39.9 Å². The average Bonchev–Trinajstić information content (AvgIpc) is 3.55. The molecule has 190 valence electrons. The number of halogens is 1. The predicted octanol–water partition coefficient (Wildman–Crippen LogP) is 4.02. The average molecular weight is 549 g/mol. The van der Waals surface area contributed by atoms with Crippen molar-refractivity contribution in [3.05, 3.63) is 81.5 Å². The van der Waals surface area contributed by atoms with E-state index in [9.17, 15) is 18.0 Å². The molecule has 0 radical (unpaired) electrons. The van der Waals surface area contributed by atoms with Crippen molar-refractivity contribution in [1.82, 2.24) is 9.62 Å². The van der Waals surface area contributed by atoms with Gasteiger partial charge in [0.2, 0.25) is 15.9 Å². The van der Waals surface area contributed by atoms with Crippen LogP contribution in [0, 0.1) is 5.92 Å². The van der Waals surface area contributed by atoms with Crippen LogP contribution in [0.5, 0.6) is 5.75 Å². The van der Waals surface area contributed by atoms with Gasteiger partial charge in [0.25, 0.3) is 0 Å².